The Labute approximate surface area is 77.0 Å². The Morgan fingerprint density at radius 1 is 1.67 bits per heavy atom. The third kappa shape index (κ3) is 2.79. The third-order valence-corrected chi connectivity index (χ3v) is 2.19. The van der Waals surface area contributed by atoms with Gasteiger partial charge < -0.3 is 11.1 Å². The monoisotopic (exact) mass is 185 g/mol. The van der Waals surface area contributed by atoms with E-state index in [9.17, 15) is 0 Å². The van der Waals surface area contributed by atoms with Crippen LogP contribution in [-0.2, 0) is 6.42 Å². The molecule has 0 fully saturated rings. The molecule has 0 spiro atoms. The summed E-state index contributed by atoms with van der Waals surface area (Å²) < 4.78 is 0. The molecular weight excluding hydrogens is 170 g/mol. The van der Waals surface area contributed by atoms with Gasteiger partial charge in [0.25, 0.3) is 0 Å². The Bertz CT molecular complexity index is 232. The smallest absolute Gasteiger partial charge is 0.183 e. The van der Waals surface area contributed by atoms with E-state index in [1.807, 2.05) is 0 Å². The van der Waals surface area contributed by atoms with Crippen molar-refractivity contribution in [2.75, 3.05) is 11.9 Å². The van der Waals surface area contributed by atoms with Gasteiger partial charge in [-0.3, -0.25) is 0 Å². The average molecular weight is 185 g/mol. The number of anilines is 1. The van der Waals surface area contributed by atoms with Gasteiger partial charge in [0.15, 0.2) is 5.13 Å². The molecule has 4 heteroatoms. The van der Waals surface area contributed by atoms with Gasteiger partial charge in [0.1, 0.15) is 0 Å². The SMILES string of the molecule is CC(C)Nc1nc(CCN)cs1. The maximum absolute atomic E-state index is 5.42. The van der Waals surface area contributed by atoms with Crippen LogP contribution in [0.1, 0.15) is 19.5 Å². The van der Waals surface area contributed by atoms with Crippen molar-refractivity contribution >= 4 is 16.5 Å². The summed E-state index contributed by atoms with van der Waals surface area (Å²) in [6, 6.07) is 0.446. The lowest BCUT2D eigenvalue weighted by Gasteiger charge is -2.04. The van der Waals surface area contributed by atoms with Crippen LogP contribution in [0.25, 0.3) is 0 Å². The molecule has 1 rings (SSSR count). The van der Waals surface area contributed by atoms with E-state index in [-0.39, 0.29) is 0 Å². The third-order valence-electron chi connectivity index (χ3n) is 1.36. The molecule has 0 atom stereocenters. The van der Waals surface area contributed by atoms with Gasteiger partial charge in [0.2, 0.25) is 0 Å². The van der Waals surface area contributed by atoms with Crippen molar-refractivity contribution in [2.24, 2.45) is 5.73 Å². The molecular formula is C8H15N3S. The summed E-state index contributed by atoms with van der Waals surface area (Å²) in [4.78, 5) is 4.37. The van der Waals surface area contributed by atoms with Gasteiger partial charge in [0, 0.05) is 17.8 Å². The summed E-state index contributed by atoms with van der Waals surface area (Å²) in [6.45, 7) is 4.87. The minimum Gasteiger partial charge on any atom is -0.359 e. The molecule has 0 aliphatic carbocycles. The van der Waals surface area contributed by atoms with E-state index in [0.29, 0.717) is 12.6 Å². The summed E-state index contributed by atoms with van der Waals surface area (Å²) in [5, 5.41) is 6.30. The lowest BCUT2D eigenvalue weighted by atomic mass is 10.3. The van der Waals surface area contributed by atoms with Crippen molar-refractivity contribution in [2.45, 2.75) is 26.3 Å². The fraction of sp³-hybridized carbons (Fsp3) is 0.625. The van der Waals surface area contributed by atoms with E-state index < -0.39 is 0 Å². The van der Waals surface area contributed by atoms with E-state index in [1.165, 1.54) is 0 Å². The normalized spacial score (nSPS) is 10.7. The molecule has 0 saturated carbocycles. The lowest BCUT2D eigenvalue weighted by Crippen LogP contribution is -2.09. The van der Waals surface area contributed by atoms with Crippen LogP contribution >= 0.6 is 11.3 Å². The first kappa shape index (κ1) is 9.48. The number of rotatable bonds is 4. The van der Waals surface area contributed by atoms with E-state index >= 15 is 0 Å². The van der Waals surface area contributed by atoms with E-state index in [4.69, 9.17) is 5.73 Å². The van der Waals surface area contributed by atoms with Gasteiger partial charge in [-0.15, -0.1) is 11.3 Å². The molecule has 3 nitrogen and oxygen atoms in total. The van der Waals surface area contributed by atoms with Gasteiger partial charge in [-0.25, -0.2) is 4.98 Å². The lowest BCUT2D eigenvalue weighted by molar-refractivity contribution is 0.886. The molecule has 0 saturated heterocycles. The van der Waals surface area contributed by atoms with Crippen molar-refractivity contribution in [1.29, 1.82) is 0 Å². The molecule has 0 aliphatic heterocycles. The maximum atomic E-state index is 5.42. The Hall–Kier alpha value is -0.610. The predicted octanol–water partition coefficient (Wildman–Crippen LogP) is 1.46. The fourth-order valence-electron chi connectivity index (χ4n) is 0.883. The second-order valence-electron chi connectivity index (χ2n) is 2.98. The first-order chi connectivity index (χ1) is 5.72. The minimum atomic E-state index is 0.446. The van der Waals surface area contributed by atoms with Crippen molar-refractivity contribution in [3.63, 3.8) is 0 Å². The quantitative estimate of drug-likeness (QED) is 0.746. The first-order valence-electron chi connectivity index (χ1n) is 4.13. The standard InChI is InChI=1S/C8H15N3S/c1-6(2)10-8-11-7(3-4-9)5-12-8/h5-6H,3-4,9H2,1-2H3,(H,10,11). The van der Waals surface area contributed by atoms with Gasteiger partial charge in [0.05, 0.1) is 5.69 Å². The molecule has 0 radical (unpaired) electrons. The molecule has 1 aromatic rings. The summed E-state index contributed by atoms with van der Waals surface area (Å²) >= 11 is 1.64. The van der Waals surface area contributed by atoms with Crippen molar-refractivity contribution in [3.05, 3.63) is 11.1 Å². The molecule has 68 valence electrons. The molecule has 0 bridgehead atoms. The molecule has 1 aromatic heterocycles. The molecule has 0 aliphatic rings. The number of hydrogen-bond donors (Lipinski definition) is 2. The van der Waals surface area contributed by atoms with E-state index in [2.05, 4.69) is 29.5 Å². The molecule has 0 aromatic carbocycles. The molecule has 1 heterocycles. The minimum absolute atomic E-state index is 0.446. The van der Waals surface area contributed by atoms with Crippen LogP contribution in [-0.4, -0.2) is 17.6 Å². The zero-order valence-electron chi connectivity index (χ0n) is 7.50. The van der Waals surface area contributed by atoms with Crippen LogP contribution in [0.15, 0.2) is 5.38 Å². The topological polar surface area (TPSA) is 50.9 Å². The molecule has 0 amide bonds. The van der Waals surface area contributed by atoms with Crippen LogP contribution in [0.4, 0.5) is 5.13 Å². The second kappa shape index (κ2) is 4.42. The highest BCUT2D eigenvalue weighted by molar-refractivity contribution is 7.13. The highest BCUT2D eigenvalue weighted by Crippen LogP contribution is 2.16. The number of nitrogens with one attached hydrogen (secondary N) is 1. The van der Waals surface area contributed by atoms with E-state index in [1.54, 1.807) is 11.3 Å². The number of aromatic nitrogens is 1. The zero-order valence-corrected chi connectivity index (χ0v) is 8.32. The summed E-state index contributed by atoms with van der Waals surface area (Å²) in [5.74, 6) is 0. The van der Waals surface area contributed by atoms with Crippen LogP contribution in [0.5, 0.6) is 0 Å². The molecule has 3 N–H and O–H groups in total. The number of thiazole rings is 1. The Kier molecular flexibility index (Phi) is 3.49. The van der Waals surface area contributed by atoms with Gasteiger partial charge in [-0.2, -0.15) is 0 Å². The summed E-state index contributed by atoms with van der Waals surface area (Å²) in [7, 11) is 0. The largest absolute Gasteiger partial charge is 0.359 e. The summed E-state index contributed by atoms with van der Waals surface area (Å²) in [5.41, 5.74) is 6.50. The number of nitrogens with two attached hydrogens (primary N) is 1. The highest BCUT2D eigenvalue weighted by atomic mass is 32.1. The predicted molar refractivity (Wildman–Crippen MR) is 53.6 cm³/mol. The van der Waals surface area contributed by atoms with Crippen LogP contribution in [0, 0.1) is 0 Å². The van der Waals surface area contributed by atoms with Crippen LogP contribution in [0.3, 0.4) is 0 Å². The van der Waals surface area contributed by atoms with E-state index in [0.717, 1.165) is 17.2 Å². The van der Waals surface area contributed by atoms with Crippen LogP contribution in [0.2, 0.25) is 0 Å². The van der Waals surface area contributed by atoms with Gasteiger partial charge in [-0.1, -0.05) is 0 Å². The van der Waals surface area contributed by atoms with Gasteiger partial charge in [-0.05, 0) is 20.4 Å². The Morgan fingerprint density at radius 2 is 2.42 bits per heavy atom. The molecule has 12 heavy (non-hydrogen) atoms. The Morgan fingerprint density at radius 3 is 3.00 bits per heavy atom. The Balaban J connectivity index is 2.52. The van der Waals surface area contributed by atoms with Crippen molar-refractivity contribution < 1.29 is 0 Å². The second-order valence-corrected chi connectivity index (χ2v) is 3.84. The molecule has 0 unspecified atom stereocenters. The first-order valence-corrected chi connectivity index (χ1v) is 5.01. The zero-order chi connectivity index (χ0) is 8.97. The number of hydrogen-bond acceptors (Lipinski definition) is 4. The maximum Gasteiger partial charge on any atom is 0.183 e. The van der Waals surface area contributed by atoms with Gasteiger partial charge >= 0.3 is 0 Å². The summed E-state index contributed by atoms with van der Waals surface area (Å²) in [6.07, 6.45) is 0.871. The highest BCUT2D eigenvalue weighted by Gasteiger charge is 2.01. The average Bonchev–Trinajstić information content (AvgIpc) is 2.36. The van der Waals surface area contributed by atoms with Crippen LogP contribution < -0.4 is 11.1 Å². The number of nitrogens with zero attached hydrogens (tertiary/aromatic N) is 1. The van der Waals surface area contributed by atoms with Crippen molar-refractivity contribution in [1.82, 2.24) is 4.98 Å². The van der Waals surface area contributed by atoms with Crippen molar-refractivity contribution in [3.8, 4) is 0 Å². The fourth-order valence-corrected chi connectivity index (χ4v) is 1.77.